The van der Waals surface area contributed by atoms with E-state index in [1.165, 1.54) is 5.56 Å². The van der Waals surface area contributed by atoms with Crippen LogP contribution in [0, 0.1) is 0 Å². The van der Waals surface area contributed by atoms with Gasteiger partial charge < -0.3 is 14.4 Å². The number of ether oxygens (including phenoxy) is 2. The summed E-state index contributed by atoms with van der Waals surface area (Å²) in [5.41, 5.74) is 0.866. The molecule has 4 rings (SSSR count). The summed E-state index contributed by atoms with van der Waals surface area (Å²) >= 11 is 0. The predicted octanol–water partition coefficient (Wildman–Crippen LogP) is 5.52. The standard InChI is InChI=1S/C23H28N2O3/c1-23(2,3)28-22(26)25-18-9-10-19(25)15-17(14-18)16-7-11-20(12-8-16)27-21-6-4-5-13-24-21/h4-8,11-13,17-19H,9-10,14-15H2,1-3H3. The van der Waals surface area contributed by atoms with Gasteiger partial charge in [0.2, 0.25) is 5.88 Å². The maximum absolute atomic E-state index is 12.6. The minimum Gasteiger partial charge on any atom is -0.444 e. The van der Waals surface area contributed by atoms with Crippen LogP contribution in [0.1, 0.15) is 57.9 Å². The summed E-state index contributed by atoms with van der Waals surface area (Å²) in [5, 5.41) is 0. The van der Waals surface area contributed by atoms with Gasteiger partial charge in [0, 0.05) is 24.3 Å². The normalized spacial score (nSPS) is 24.1. The van der Waals surface area contributed by atoms with Crippen molar-refractivity contribution in [1.29, 1.82) is 0 Å². The number of piperidine rings is 1. The van der Waals surface area contributed by atoms with Gasteiger partial charge >= 0.3 is 6.09 Å². The number of pyridine rings is 1. The Hall–Kier alpha value is -2.56. The van der Waals surface area contributed by atoms with Gasteiger partial charge in [-0.1, -0.05) is 18.2 Å². The topological polar surface area (TPSA) is 51.7 Å². The molecule has 2 fully saturated rings. The predicted molar refractivity (Wildman–Crippen MR) is 108 cm³/mol. The van der Waals surface area contributed by atoms with Crippen molar-refractivity contribution in [3.8, 4) is 11.6 Å². The summed E-state index contributed by atoms with van der Waals surface area (Å²) in [7, 11) is 0. The van der Waals surface area contributed by atoms with E-state index in [2.05, 4.69) is 17.1 Å². The first-order valence-corrected chi connectivity index (χ1v) is 10.1. The third-order valence-electron chi connectivity index (χ3n) is 5.55. The maximum atomic E-state index is 12.6. The number of hydrogen-bond acceptors (Lipinski definition) is 4. The number of aromatic nitrogens is 1. The number of carbonyl (C=O) groups excluding carboxylic acids is 1. The van der Waals surface area contributed by atoms with Gasteiger partial charge in [0.1, 0.15) is 11.4 Å². The Balaban J connectivity index is 1.41. The first-order chi connectivity index (χ1) is 13.4. The fraction of sp³-hybridized carbons (Fsp3) is 0.478. The van der Waals surface area contributed by atoms with E-state index in [0.29, 0.717) is 11.8 Å². The van der Waals surface area contributed by atoms with Gasteiger partial charge in [0.05, 0.1) is 0 Å². The SMILES string of the molecule is CC(C)(C)OC(=O)N1C2CCC1CC(c1ccc(Oc3ccccn3)cc1)C2. The second kappa shape index (κ2) is 7.46. The molecule has 5 nitrogen and oxygen atoms in total. The molecular weight excluding hydrogens is 352 g/mol. The molecule has 148 valence electrons. The second-order valence-electron chi connectivity index (χ2n) is 8.78. The van der Waals surface area contributed by atoms with Crippen LogP contribution < -0.4 is 4.74 Å². The molecule has 2 unspecified atom stereocenters. The number of fused-ring (bicyclic) bond motifs is 2. The fourth-order valence-electron chi connectivity index (χ4n) is 4.40. The van der Waals surface area contributed by atoms with E-state index in [1.54, 1.807) is 6.20 Å². The van der Waals surface area contributed by atoms with Crippen LogP contribution in [0.15, 0.2) is 48.7 Å². The van der Waals surface area contributed by atoms with Crippen LogP contribution in [0.25, 0.3) is 0 Å². The number of nitrogens with zero attached hydrogens (tertiary/aromatic N) is 2. The van der Waals surface area contributed by atoms with Crippen LogP contribution in [-0.2, 0) is 4.74 Å². The molecule has 0 aliphatic carbocycles. The first-order valence-electron chi connectivity index (χ1n) is 10.1. The summed E-state index contributed by atoms with van der Waals surface area (Å²) in [6, 6.07) is 14.5. The molecule has 2 aliphatic heterocycles. The Bertz CT molecular complexity index is 800. The molecule has 1 aromatic heterocycles. The quantitative estimate of drug-likeness (QED) is 0.703. The highest BCUT2D eigenvalue weighted by molar-refractivity contribution is 5.69. The van der Waals surface area contributed by atoms with E-state index in [9.17, 15) is 4.79 Å². The second-order valence-corrected chi connectivity index (χ2v) is 8.78. The van der Waals surface area contributed by atoms with E-state index in [-0.39, 0.29) is 18.2 Å². The van der Waals surface area contributed by atoms with Crippen molar-refractivity contribution in [1.82, 2.24) is 9.88 Å². The molecule has 28 heavy (non-hydrogen) atoms. The summed E-state index contributed by atoms with van der Waals surface area (Å²) in [5.74, 6) is 1.86. The molecule has 2 saturated heterocycles. The number of hydrogen-bond donors (Lipinski definition) is 0. The Morgan fingerprint density at radius 1 is 1.04 bits per heavy atom. The minimum absolute atomic E-state index is 0.155. The molecular formula is C23H28N2O3. The molecule has 2 aliphatic rings. The van der Waals surface area contributed by atoms with E-state index in [0.717, 1.165) is 31.4 Å². The molecule has 5 heteroatoms. The molecule has 3 heterocycles. The Labute approximate surface area is 166 Å². The molecule has 0 N–H and O–H groups in total. The number of rotatable bonds is 3. The Kier molecular flexibility index (Phi) is 5.00. The lowest BCUT2D eigenvalue weighted by atomic mass is 9.85. The molecule has 2 atom stereocenters. The zero-order valence-electron chi connectivity index (χ0n) is 16.8. The number of benzene rings is 1. The van der Waals surface area contributed by atoms with Gasteiger partial charge in [-0.15, -0.1) is 0 Å². The van der Waals surface area contributed by atoms with Gasteiger partial charge in [-0.2, -0.15) is 0 Å². The van der Waals surface area contributed by atoms with E-state index < -0.39 is 5.60 Å². The van der Waals surface area contributed by atoms with Gasteiger partial charge in [0.15, 0.2) is 0 Å². The smallest absolute Gasteiger partial charge is 0.410 e. The third kappa shape index (κ3) is 4.13. The van der Waals surface area contributed by atoms with Crippen LogP contribution in [0.5, 0.6) is 11.6 Å². The highest BCUT2D eigenvalue weighted by Crippen LogP contribution is 2.44. The van der Waals surface area contributed by atoms with Crippen LogP contribution >= 0.6 is 0 Å². The van der Waals surface area contributed by atoms with Crippen molar-refractivity contribution in [3.63, 3.8) is 0 Å². The zero-order valence-corrected chi connectivity index (χ0v) is 16.8. The van der Waals surface area contributed by atoms with E-state index in [4.69, 9.17) is 9.47 Å². The lowest BCUT2D eigenvalue weighted by Crippen LogP contribution is -2.48. The Morgan fingerprint density at radius 3 is 2.29 bits per heavy atom. The van der Waals surface area contributed by atoms with Crippen molar-refractivity contribution in [2.24, 2.45) is 0 Å². The van der Waals surface area contributed by atoms with E-state index >= 15 is 0 Å². The summed E-state index contributed by atoms with van der Waals surface area (Å²) in [6.07, 6.45) is 5.70. The summed E-state index contributed by atoms with van der Waals surface area (Å²) in [4.78, 5) is 18.8. The van der Waals surface area contributed by atoms with Crippen LogP contribution in [-0.4, -0.2) is 33.7 Å². The molecule has 1 amide bonds. The van der Waals surface area contributed by atoms with Gasteiger partial charge in [-0.25, -0.2) is 9.78 Å². The lowest BCUT2D eigenvalue weighted by Gasteiger charge is -2.39. The molecule has 0 saturated carbocycles. The van der Waals surface area contributed by atoms with Crippen LogP contribution in [0.2, 0.25) is 0 Å². The van der Waals surface area contributed by atoms with Gasteiger partial charge in [0.25, 0.3) is 0 Å². The summed E-state index contributed by atoms with van der Waals surface area (Å²) < 4.78 is 11.4. The highest BCUT2D eigenvalue weighted by Gasteiger charge is 2.45. The van der Waals surface area contributed by atoms with Crippen molar-refractivity contribution in [2.45, 2.75) is 70.1 Å². The van der Waals surface area contributed by atoms with Crippen molar-refractivity contribution < 1.29 is 14.3 Å². The van der Waals surface area contributed by atoms with Crippen molar-refractivity contribution in [2.75, 3.05) is 0 Å². The van der Waals surface area contributed by atoms with Crippen molar-refractivity contribution in [3.05, 3.63) is 54.2 Å². The molecule has 2 bridgehead atoms. The zero-order chi connectivity index (χ0) is 19.7. The van der Waals surface area contributed by atoms with Gasteiger partial charge in [-0.3, -0.25) is 0 Å². The fourth-order valence-corrected chi connectivity index (χ4v) is 4.40. The first kappa shape index (κ1) is 18.8. The number of amides is 1. The van der Waals surface area contributed by atoms with Gasteiger partial charge in [-0.05, 0) is 76.1 Å². The summed E-state index contributed by atoms with van der Waals surface area (Å²) in [6.45, 7) is 5.77. The highest BCUT2D eigenvalue weighted by atomic mass is 16.6. The lowest BCUT2D eigenvalue weighted by molar-refractivity contribution is 0.00584. The average Bonchev–Trinajstić information content (AvgIpc) is 2.92. The van der Waals surface area contributed by atoms with E-state index in [1.807, 2.05) is 56.0 Å². The maximum Gasteiger partial charge on any atom is 0.410 e. The number of carbonyl (C=O) groups is 1. The molecule has 2 aromatic rings. The third-order valence-corrected chi connectivity index (χ3v) is 5.55. The Morgan fingerprint density at radius 2 is 1.71 bits per heavy atom. The molecule has 0 radical (unpaired) electrons. The van der Waals surface area contributed by atoms with Crippen molar-refractivity contribution >= 4 is 6.09 Å². The molecule has 0 spiro atoms. The van der Waals surface area contributed by atoms with Crippen LogP contribution in [0.4, 0.5) is 4.79 Å². The minimum atomic E-state index is -0.448. The average molecular weight is 380 g/mol. The van der Waals surface area contributed by atoms with Crippen LogP contribution in [0.3, 0.4) is 0 Å². The monoisotopic (exact) mass is 380 g/mol. The molecule has 1 aromatic carbocycles. The largest absolute Gasteiger partial charge is 0.444 e.